The Morgan fingerprint density at radius 1 is 1.09 bits per heavy atom. The fourth-order valence-electron chi connectivity index (χ4n) is 2.09. The van der Waals surface area contributed by atoms with Crippen LogP contribution in [-0.2, 0) is 15.4 Å². The molecule has 0 fully saturated rings. The van der Waals surface area contributed by atoms with Crippen molar-refractivity contribution >= 4 is 38.9 Å². The number of hydrogen-bond donors (Lipinski definition) is 1. The van der Waals surface area contributed by atoms with E-state index in [1.54, 1.807) is 6.07 Å². The van der Waals surface area contributed by atoms with Gasteiger partial charge in [-0.2, -0.15) is 0 Å². The molecule has 0 aromatic heterocycles. The average Bonchev–Trinajstić information content (AvgIpc) is 2.39. The summed E-state index contributed by atoms with van der Waals surface area (Å²) in [6, 6.07) is 8.52. The Labute approximate surface area is 145 Å². The van der Waals surface area contributed by atoms with Crippen LogP contribution in [0.1, 0.15) is 26.3 Å². The van der Waals surface area contributed by atoms with Gasteiger partial charge in [0, 0.05) is 0 Å². The molecule has 0 aliphatic heterocycles. The summed E-state index contributed by atoms with van der Waals surface area (Å²) in [5.41, 5.74) is 0.241. The van der Waals surface area contributed by atoms with Gasteiger partial charge in [-0.25, -0.2) is 12.8 Å². The molecule has 2 aromatic rings. The van der Waals surface area contributed by atoms with Crippen LogP contribution in [0.5, 0.6) is 0 Å². The Balaban J connectivity index is 2.39. The van der Waals surface area contributed by atoms with E-state index in [-0.39, 0.29) is 26.0 Å². The Morgan fingerprint density at radius 2 is 1.74 bits per heavy atom. The predicted octanol–water partition coefficient (Wildman–Crippen LogP) is 5.23. The van der Waals surface area contributed by atoms with Gasteiger partial charge >= 0.3 is 0 Å². The number of rotatable bonds is 3. The first kappa shape index (κ1) is 18.0. The molecule has 0 aliphatic rings. The summed E-state index contributed by atoms with van der Waals surface area (Å²) in [6.45, 7) is 5.63. The second-order valence-corrected chi connectivity index (χ2v) is 8.54. The highest BCUT2D eigenvalue weighted by Gasteiger charge is 2.22. The summed E-state index contributed by atoms with van der Waals surface area (Å²) in [5.74, 6) is -0.477. The topological polar surface area (TPSA) is 46.2 Å². The van der Waals surface area contributed by atoms with Crippen LogP contribution in [0.15, 0.2) is 41.3 Å². The molecule has 124 valence electrons. The number of hydrogen-bond acceptors (Lipinski definition) is 2. The molecule has 1 N–H and O–H groups in total. The van der Waals surface area contributed by atoms with Crippen molar-refractivity contribution in [1.29, 1.82) is 0 Å². The number of anilines is 1. The standard InChI is InChI=1S/C16H16Cl2FNO2S/c1-16(2,3)11-8-7-10(9-13(11)19)20-23(21,22)14-6-4-5-12(17)15(14)18/h4-9,20H,1-3H3. The highest BCUT2D eigenvalue weighted by atomic mass is 35.5. The molecule has 7 heteroatoms. The van der Waals surface area contributed by atoms with Crippen molar-refractivity contribution in [2.24, 2.45) is 0 Å². The summed E-state index contributed by atoms with van der Waals surface area (Å²) >= 11 is 11.8. The van der Waals surface area contributed by atoms with Gasteiger partial charge in [0.2, 0.25) is 0 Å². The van der Waals surface area contributed by atoms with E-state index in [2.05, 4.69) is 4.72 Å². The largest absolute Gasteiger partial charge is 0.279 e. The smallest absolute Gasteiger partial charge is 0.263 e. The maximum absolute atomic E-state index is 14.2. The van der Waals surface area contributed by atoms with Crippen molar-refractivity contribution in [3.63, 3.8) is 0 Å². The van der Waals surface area contributed by atoms with Crippen LogP contribution < -0.4 is 4.72 Å². The predicted molar refractivity (Wildman–Crippen MR) is 92.4 cm³/mol. The van der Waals surface area contributed by atoms with E-state index in [9.17, 15) is 12.8 Å². The van der Waals surface area contributed by atoms with E-state index in [1.807, 2.05) is 20.8 Å². The zero-order chi connectivity index (χ0) is 17.4. The maximum atomic E-state index is 14.2. The lowest BCUT2D eigenvalue weighted by Crippen LogP contribution is -2.16. The van der Waals surface area contributed by atoms with Gasteiger partial charge in [0.05, 0.1) is 15.7 Å². The first-order chi connectivity index (χ1) is 10.5. The summed E-state index contributed by atoms with van der Waals surface area (Å²) in [5, 5.41) is 0.0530. The molecular weight excluding hydrogens is 360 g/mol. The Kier molecular flexibility index (Phi) is 4.95. The molecule has 0 aliphatic carbocycles. The summed E-state index contributed by atoms with van der Waals surface area (Å²) in [4.78, 5) is -0.160. The molecular formula is C16H16Cl2FNO2S. The molecule has 0 saturated carbocycles. The van der Waals surface area contributed by atoms with Crippen molar-refractivity contribution < 1.29 is 12.8 Å². The molecule has 0 saturated heterocycles. The van der Waals surface area contributed by atoms with Crippen molar-refractivity contribution in [1.82, 2.24) is 0 Å². The van der Waals surface area contributed by atoms with Gasteiger partial charge in [-0.15, -0.1) is 0 Å². The highest BCUT2D eigenvalue weighted by Crippen LogP contribution is 2.31. The van der Waals surface area contributed by atoms with Gasteiger partial charge in [-0.3, -0.25) is 4.72 Å². The minimum Gasteiger partial charge on any atom is -0.279 e. The fourth-order valence-corrected chi connectivity index (χ4v) is 3.90. The first-order valence-electron chi connectivity index (χ1n) is 6.79. The molecule has 0 atom stereocenters. The summed E-state index contributed by atoms with van der Waals surface area (Å²) < 4.78 is 41.3. The second-order valence-electron chi connectivity index (χ2n) is 6.10. The number of sulfonamides is 1. The van der Waals surface area contributed by atoms with Gasteiger partial charge in [0.15, 0.2) is 0 Å². The highest BCUT2D eigenvalue weighted by molar-refractivity contribution is 7.92. The molecule has 0 unspecified atom stereocenters. The molecule has 2 aromatic carbocycles. The Morgan fingerprint density at radius 3 is 2.30 bits per heavy atom. The number of benzene rings is 2. The maximum Gasteiger partial charge on any atom is 0.263 e. The minimum absolute atomic E-state index is 0.0755. The summed E-state index contributed by atoms with van der Waals surface area (Å²) in [7, 11) is -3.96. The van der Waals surface area contributed by atoms with Gasteiger partial charge in [-0.05, 0) is 35.2 Å². The van der Waals surface area contributed by atoms with Crippen LogP contribution in [-0.4, -0.2) is 8.42 Å². The molecule has 0 bridgehead atoms. The quantitative estimate of drug-likeness (QED) is 0.797. The van der Waals surface area contributed by atoms with E-state index in [1.165, 1.54) is 24.3 Å². The van der Waals surface area contributed by atoms with Crippen LogP contribution in [0.25, 0.3) is 0 Å². The zero-order valence-electron chi connectivity index (χ0n) is 12.8. The van der Waals surface area contributed by atoms with Gasteiger partial charge in [0.1, 0.15) is 10.7 Å². The number of nitrogens with one attached hydrogen (secondary N) is 1. The third-order valence-electron chi connectivity index (χ3n) is 3.23. The van der Waals surface area contributed by atoms with E-state index < -0.39 is 15.8 Å². The molecule has 0 heterocycles. The molecule has 3 nitrogen and oxygen atoms in total. The van der Waals surface area contributed by atoms with Crippen molar-refractivity contribution in [2.45, 2.75) is 31.1 Å². The molecule has 23 heavy (non-hydrogen) atoms. The minimum atomic E-state index is -3.96. The normalized spacial score (nSPS) is 12.3. The lowest BCUT2D eigenvalue weighted by atomic mass is 9.86. The van der Waals surface area contributed by atoms with E-state index >= 15 is 0 Å². The van der Waals surface area contributed by atoms with Crippen molar-refractivity contribution in [3.05, 3.63) is 57.8 Å². The van der Waals surface area contributed by atoms with Gasteiger partial charge < -0.3 is 0 Å². The lowest BCUT2D eigenvalue weighted by molar-refractivity contribution is 0.523. The van der Waals surface area contributed by atoms with Crippen LogP contribution >= 0.6 is 23.2 Å². The monoisotopic (exact) mass is 375 g/mol. The Hall–Kier alpha value is -1.30. The lowest BCUT2D eigenvalue weighted by Gasteiger charge is -2.20. The van der Waals surface area contributed by atoms with Crippen molar-refractivity contribution in [2.75, 3.05) is 4.72 Å². The zero-order valence-corrected chi connectivity index (χ0v) is 15.2. The van der Waals surface area contributed by atoms with E-state index in [0.29, 0.717) is 5.56 Å². The number of halogens is 3. The first-order valence-corrected chi connectivity index (χ1v) is 9.03. The van der Waals surface area contributed by atoms with Crippen molar-refractivity contribution in [3.8, 4) is 0 Å². The van der Waals surface area contributed by atoms with Gasteiger partial charge in [-0.1, -0.05) is 56.1 Å². The van der Waals surface area contributed by atoms with Crippen LogP contribution in [0, 0.1) is 5.82 Å². The molecule has 2 rings (SSSR count). The second kappa shape index (κ2) is 6.30. The fraction of sp³-hybridized carbons (Fsp3) is 0.250. The Bertz CT molecular complexity index is 846. The molecule has 0 spiro atoms. The third kappa shape index (κ3) is 3.97. The SMILES string of the molecule is CC(C)(C)c1ccc(NS(=O)(=O)c2cccc(Cl)c2Cl)cc1F. The van der Waals surface area contributed by atoms with Crippen LogP contribution in [0.3, 0.4) is 0 Å². The molecule has 0 radical (unpaired) electrons. The summed E-state index contributed by atoms with van der Waals surface area (Å²) in [6.07, 6.45) is 0. The van der Waals surface area contributed by atoms with E-state index in [4.69, 9.17) is 23.2 Å². The van der Waals surface area contributed by atoms with Crippen LogP contribution in [0.2, 0.25) is 10.0 Å². The van der Waals surface area contributed by atoms with Gasteiger partial charge in [0.25, 0.3) is 10.0 Å². The third-order valence-corrected chi connectivity index (χ3v) is 5.59. The molecule has 0 amide bonds. The van der Waals surface area contributed by atoms with E-state index in [0.717, 1.165) is 6.07 Å². The van der Waals surface area contributed by atoms with Crippen LogP contribution in [0.4, 0.5) is 10.1 Å². The average molecular weight is 376 g/mol.